The number of nitrogens with one attached hydrogen (secondary N) is 1. The minimum Gasteiger partial charge on any atom is -0.493 e. The molecule has 0 aromatic heterocycles. The van der Waals surface area contributed by atoms with Gasteiger partial charge in [-0.2, -0.15) is 0 Å². The van der Waals surface area contributed by atoms with Gasteiger partial charge in [0.25, 0.3) is 5.91 Å². The molecule has 0 unspecified atom stereocenters. The summed E-state index contributed by atoms with van der Waals surface area (Å²) in [5, 5.41) is 3.52. The van der Waals surface area contributed by atoms with Gasteiger partial charge < -0.3 is 24.3 Å². The molecule has 0 saturated heterocycles. The molecule has 8 heteroatoms. The lowest BCUT2D eigenvalue weighted by atomic mass is 10.2. The minimum absolute atomic E-state index is 0.239. The molecular formula is C17H17Cl2NO5. The average Bonchev–Trinajstić information content (AvgIpc) is 2.61. The number of carbonyl (C=O) groups is 1. The van der Waals surface area contributed by atoms with Gasteiger partial charge in [-0.1, -0.05) is 23.2 Å². The summed E-state index contributed by atoms with van der Waals surface area (Å²) >= 11 is 11.9. The second-order valence-electron chi connectivity index (χ2n) is 4.83. The third kappa shape index (κ3) is 4.84. The van der Waals surface area contributed by atoms with Gasteiger partial charge in [-0.3, -0.25) is 4.79 Å². The number of methoxy groups -OCH3 is 3. The number of ether oxygens (including phenoxy) is 4. The molecule has 0 radical (unpaired) electrons. The third-order valence-electron chi connectivity index (χ3n) is 3.20. The number of rotatable bonds is 7. The highest BCUT2D eigenvalue weighted by Gasteiger charge is 2.15. The van der Waals surface area contributed by atoms with E-state index in [1.54, 1.807) is 24.3 Å². The van der Waals surface area contributed by atoms with Crippen molar-refractivity contribution >= 4 is 34.8 Å². The molecule has 0 aliphatic rings. The molecule has 6 nitrogen and oxygen atoms in total. The fourth-order valence-electron chi connectivity index (χ4n) is 2.08. The maximum absolute atomic E-state index is 12.1. The summed E-state index contributed by atoms with van der Waals surface area (Å²) < 4.78 is 21.1. The van der Waals surface area contributed by atoms with Crippen molar-refractivity contribution in [1.29, 1.82) is 0 Å². The first-order valence-electron chi connectivity index (χ1n) is 7.16. The zero-order valence-corrected chi connectivity index (χ0v) is 15.4. The Morgan fingerprint density at radius 2 is 1.60 bits per heavy atom. The summed E-state index contributed by atoms with van der Waals surface area (Å²) in [6.07, 6.45) is 0. The number of benzene rings is 2. The predicted octanol–water partition coefficient (Wildman–Crippen LogP) is 4.04. The monoisotopic (exact) mass is 385 g/mol. The van der Waals surface area contributed by atoms with Crippen molar-refractivity contribution in [2.75, 3.05) is 33.3 Å². The maximum atomic E-state index is 12.1. The molecule has 0 spiro atoms. The van der Waals surface area contributed by atoms with Gasteiger partial charge >= 0.3 is 0 Å². The van der Waals surface area contributed by atoms with Gasteiger partial charge in [-0.25, -0.2) is 0 Å². The molecule has 0 fully saturated rings. The first kappa shape index (κ1) is 19.0. The Balaban J connectivity index is 2.08. The Labute approximate surface area is 155 Å². The van der Waals surface area contributed by atoms with Crippen LogP contribution in [0.2, 0.25) is 10.0 Å². The zero-order valence-electron chi connectivity index (χ0n) is 13.9. The summed E-state index contributed by atoms with van der Waals surface area (Å²) in [5.74, 6) is 1.23. The van der Waals surface area contributed by atoms with Gasteiger partial charge in [-0.15, -0.1) is 0 Å². The van der Waals surface area contributed by atoms with Crippen LogP contribution in [0.4, 0.5) is 5.69 Å². The Kier molecular flexibility index (Phi) is 6.61. The van der Waals surface area contributed by atoms with E-state index in [4.69, 9.17) is 42.1 Å². The number of hydrogen-bond acceptors (Lipinski definition) is 5. The molecule has 134 valence electrons. The summed E-state index contributed by atoms with van der Waals surface area (Å²) in [6.45, 7) is -0.239. The van der Waals surface area contributed by atoms with Gasteiger partial charge in [0.2, 0.25) is 5.75 Å². The molecular weight excluding hydrogens is 369 g/mol. The largest absolute Gasteiger partial charge is 0.493 e. The molecule has 0 aliphatic heterocycles. The number of halogens is 2. The standard InChI is InChI=1S/C17H17Cl2NO5/c1-22-14-7-11(8-15(23-2)17(14)24-3)20-16(21)9-25-13-6-10(18)4-5-12(13)19/h4-8H,9H2,1-3H3,(H,20,21). The third-order valence-corrected chi connectivity index (χ3v) is 3.75. The van der Waals surface area contributed by atoms with Crippen molar-refractivity contribution in [3.8, 4) is 23.0 Å². The van der Waals surface area contributed by atoms with E-state index < -0.39 is 0 Å². The normalized spacial score (nSPS) is 10.1. The Morgan fingerprint density at radius 3 is 2.16 bits per heavy atom. The summed E-state index contributed by atoms with van der Waals surface area (Å²) in [6, 6.07) is 8.00. The molecule has 2 rings (SSSR count). The van der Waals surface area contributed by atoms with E-state index >= 15 is 0 Å². The molecule has 0 aliphatic carbocycles. The predicted molar refractivity (Wildman–Crippen MR) is 96.7 cm³/mol. The van der Waals surface area contributed by atoms with Gasteiger partial charge in [0.05, 0.1) is 26.4 Å². The van der Waals surface area contributed by atoms with E-state index in [1.807, 2.05) is 0 Å². The number of anilines is 1. The number of hydrogen-bond donors (Lipinski definition) is 1. The lowest BCUT2D eigenvalue weighted by Gasteiger charge is -2.15. The highest BCUT2D eigenvalue weighted by Crippen LogP contribution is 2.39. The molecule has 25 heavy (non-hydrogen) atoms. The zero-order chi connectivity index (χ0) is 18.4. The molecule has 0 bridgehead atoms. The first-order chi connectivity index (χ1) is 12.0. The van der Waals surface area contributed by atoms with Crippen LogP contribution in [0, 0.1) is 0 Å². The summed E-state index contributed by atoms with van der Waals surface area (Å²) in [5.41, 5.74) is 0.472. The average molecular weight is 386 g/mol. The first-order valence-corrected chi connectivity index (χ1v) is 7.91. The van der Waals surface area contributed by atoms with E-state index in [9.17, 15) is 4.79 Å². The molecule has 0 heterocycles. The van der Waals surface area contributed by atoms with Crippen LogP contribution in [0.3, 0.4) is 0 Å². The molecule has 1 N–H and O–H groups in total. The van der Waals surface area contributed by atoms with Crippen LogP contribution in [-0.4, -0.2) is 33.8 Å². The molecule has 1 amide bonds. The lowest BCUT2D eigenvalue weighted by Crippen LogP contribution is -2.20. The van der Waals surface area contributed by atoms with E-state index in [0.29, 0.717) is 38.7 Å². The van der Waals surface area contributed by atoms with Crippen LogP contribution in [-0.2, 0) is 4.79 Å². The van der Waals surface area contributed by atoms with Gasteiger partial charge in [0, 0.05) is 28.9 Å². The van der Waals surface area contributed by atoms with Crippen molar-refractivity contribution in [1.82, 2.24) is 0 Å². The number of carbonyl (C=O) groups excluding carboxylic acids is 1. The van der Waals surface area contributed by atoms with Gasteiger partial charge in [0.1, 0.15) is 5.75 Å². The SMILES string of the molecule is COc1cc(NC(=O)COc2cc(Cl)ccc2Cl)cc(OC)c1OC. The smallest absolute Gasteiger partial charge is 0.262 e. The van der Waals surface area contributed by atoms with Crippen LogP contribution in [0.5, 0.6) is 23.0 Å². The van der Waals surface area contributed by atoms with Crippen molar-refractivity contribution in [2.45, 2.75) is 0 Å². The van der Waals surface area contributed by atoms with Gasteiger partial charge in [-0.05, 0) is 12.1 Å². The van der Waals surface area contributed by atoms with Crippen LogP contribution in [0.25, 0.3) is 0 Å². The molecule has 0 saturated carbocycles. The van der Waals surface area contributed by atoms with Crippen molar-refractivity contribution < 1.29 is 23.7 Å². The minimum atomic E-state index is -0.384. The van der Waals surface area contributed by atoms with E-state index in [1.165, 1.54) is 27.4 Å². The summed E-state index contributed by atoms with van der Waals surface area (Å²) in [7, 11) is 4.49. The molecule has 2 aromatic rings. The van der Waals surface area contributed by atoms with Crippen LogP contribution in [0.15, 0.2) is 30.3 Å². The van der Waals surface area contributed by atoms with Crippen LogP contribution in [0.1, 0.15) is 0 Å². The second kappa shape index (κ2) is 8.69. The van der Waals surface area contributed by atoms with Crippen molar-refractivity contribution in [2.24, 2.45) is 0 Å². The van der Waals surface area contributed by atoms with Crippen LogP contribution < -0.4 is 24.3 Å². The quantitative estimate of drug-likeness (QED) is 0.778. The Morgan fingerprint density at radius 1 is 0.960 bits per heavy atom. The van der Waals surface area contributed by atoms with Gasteiger partial charge in [0.15, 0.2) is 18.1 Å². The molecule has 0 atom stereocenters. The van der Waals surface area contributed by atoms with Crippen molar-refractivity contribution in [3.05, 3.63) is 40.4 Å². The highest BCUT2D eigenvalue weighted by atomic mass is 35.5. The summed E-state index contributed by atoms with van der Waals surface area (Å²) in [4.78, 5) is 12.1. The highest BCUT2D eigenvalue weighted by molar-refractivity contribution is 6.34. The van der Waals surface area contributed by atoms with E-state index in [2.05, 4.69) is 5.32 Å². The fraction of sp³-hybridized carbons (Fsp3) is 0.235. The fourth-order valence-corrected chi connectivity index (χ4v) is 2.42. The lowest BCUT2D eigenvalue weighted by molar-refractivity contribution is -0.118. The van der Waals surface area contributed by atoms with Crippen molar-refractivity contribution in [3.63, 3.8) is 0 Å². The van der Waals surface area contributed by atoms with Crippen LogP contribution >= 0.6 is 23.2 Å². The van der Waals surface area contributed by atoms with E-state index in [0.717, 1.165) is 0 Å². The number of amides is 1. The Bertz CT molecular complexity index is 742. The maximum Gasteiger partial charge on any atom is 0.262 e. The van der Waals surface area contributed by atoms with E-state index in [-0.39, 0.29) is 12.5 Å². The topological polar surface area (TPSA) is 66.0 Å². The Hall–Kier alpha value is -2.31. The second-order valence-corrected chi connectivity index (χ2v) is 5.67. The molecule has 2 aromatic carbocycles.